The molecular formula is C23H21FIN3OS. The molecule has 0 spiro atoms. The number of thioether (sulfide) groups is 1. The van der Waals surface area contributed by atoms with E-state index in [1.165, 1.54) is 18.9 Å². The van der Waals surface area contributed by atoms with E-state index < -0.39 is 0 Å². The molecule has 0 aliphatic carbocycles. The summed E-state index contributed by atoms with van der Waals surface area (Å²) in [4.78, 5) is 12.5. The monoisotopic (exact) mass is 533 g/mol. The molecule has 2 fully saturated rings. The Bertz CT molecular complexity index is 1140. The van der Waals surface area contributed by atoms with Gasteiger partial charge in [-0.1, -0.05) is 30.3 Å². The first kappa shape index (κ1) is 20.1. The van der Waals surface area contributed by atoms with Gasteiger partial charge < -0.3 is 5.32 Å². The Labute approximate surface area is 192 Å². The number of carbonyl (C=O) groups is 1. The molecule has 2 atom stereocenters. The highest BCUT2D eigenvalue weighted by Crippen LogP contribution is 2.38. The van der Waals surface area contributed by atoms with Gasteiger partial charge in [-0.05, 0) is 76.9 Å². The average Bonchev–Trinajstić information content (AvgIpc) is 3.29. The molecule has 0 bridgehead atoms. The molecule has 30 heavy (non-hydrogen) atoms. The van der Waals surface area contributed by atoms with E-state index in [2.05, 4.69) is 33.0 Å². The van der Waals surface area contributed by atoms with Crippen molar-refractivity contribution in [1.82, 2.24) is 15.1 Å². The van der Waals surface area contributed by atoms with Gasteiger partial charge >= 0.3 is 0 Å². The van der Waals surface area contributed by atoms with Gasteiger partial charge in [0.1, 0.15) is 9.52 Å². The topological polar surface area (TPSA) is 46.9 Å². The third kappa shape index (κ3) is 3.66. The maximum atomic E-state index is 15.1. The number of halogens is 2. The number of rotatable bonds is 3. The molecule has 0 saturated carbocycles. The third-order valence-electron chi connectivity index (χ3n) is 5.80. The molecule has 3 heterocycles. The molecule has 2 aliphatic rings. The van der Waals surface area contributed by atoms with Crippen LogP contribution in [0.25, 0.3) is 17.0 Å². The Morgan fingerprint density at radius 1 is 1.23 bits per heavy atom. The second-order valence-electron chi connectivity index (χ2n) is 7.73. The van der Waals surface area contributed by atoms with Gasteiger partial charge in [-0.25, -0.2) is 4.39 Å². The minimum atomic E-state index is -0.287. The number of fused-ring (bicyclic) bond motifs is 1. The first-order valence-electron chi connectivity index (χ1n) is 10.2. The zero-order valence-electron chi connectivity index (χ0n) is 16.3. The molecule has 3 aromatic rings. The van der Waals surface area contributed by atoms with Crippen LogP contribution in [-0.4, -0.2) is 28.0 Å². The van der Waals surface area contributed by atoms with Gasteiger partial charge in [0, 0.05) is 18.0 Å². The van der Waals surface area contributed by atoms with Crippen molar-refractivity contribution >= 4 is 57.2 Å². The second kappa shape index (κ2) is 8.34. The van der Waals surface area contributed by atoms with Crippen LogP contribution in [0.2, 0.25) is 0 Å². The molecule has 2 aliphatic heterocycles. The van der Waals surface area contributed by atoms with Gasteiger partial charge in [-0.15, -0.1) is 11.8 Å². The van der Waals surface area contributed by atoms with Gasteiger partial charge in [0.15, 0.2) is 0 Å². The summed E-state index contributed by atoms with van der Waals surface area (Å²) in [5.41, 5.74) is 3.27. The normalized spacial score (nSPS) is 23.3. The van der Waals surface area contributed by atoms with E-state index >= 15 is 4.39 Å². The van der Waals surface area contributed by atoms with Crippen molar-refractivity contribution in [3.05, 3.63) is 68.7 Å². The van der Waals surface area contributed by atoms with Crippen molar-refractivity contribution in [2.24, 2.45) is 0 Å². The molecular weight excluding hydrogens is 512 g/mol. The number of nitrogens with one attached hydrogen (secondary N) is 1. The summed E-state index contributed by atoms with van der Waals surface area (Å²) in [6.45, 7) is 0.563. The van der Waals surface area contributed by atoms with Crippen LogP contribution < -0.4 is 5.32 Å². The summed E-state index contributed by atoms with van der Waals surface area (Å²) in [5.74, 6) is 0.700. The third-order valence-corrected chi connectivity index (χ3v) is 7.90. The standard InChI is InChI=1S/C23H21FIN3OS/c24-18-11-14(10-16-17(13-26-23(16)29)15-6-2-1-3-7-15)12-19-21(18)22(25)27-28(19)20-8-4-5-9-30-20/h1-3,6-7,10-12,17,20H,4-5,8-9,13H2,(H,26,29). The summed E-state index contributed by atoms with van der Waals surface area (Å²) in [5, 5.41) is 8.41. The molecule has 1 N–H and O–H groups in total. The molecule has 0 radical (unpaired) electrons. The zero-order valence-corrected chi connectivity index (χ0v) is 19.2. The van der Waals surface area contributed by atoms with Crippen LogP contribution in [0, 0.1) is 9.52 Å². The predicted molar refractivity (Wildman–Crippen MR) is 128 cm³/mol. The van der Waals surface area contributed by atoms with Crippen LogP contribution in [-0.2, 0) is 4.79 Å². The van der Waals surface area contributed by atoms with Crippen molar-refractivity contribution in [3.63, 3.8) is 0 Å². The van der Waals surface area contributed by atoms with E-state index in [1.54, 1.807) is 0 Å². The van der Waals surface area contributed by atoms with Crippen molar-refractivity contribution in [2.75, 3.05) is 12.3 Å². The molecule has 154 valence electrons. The molecule has 1 aromatic heterocycles. The van der Waals surface area contributed by atoms with Gasteiger partial charge in [0.25, 0.3) is 0 Å². The highest BCUT2D eigenvalue weighted by atomic mass is 127. The molecule has 2 saturated heterocycles. The summed E-state index contributed by atoms with van der Waals surface area (Å²) < 4.78 is 17.8. The molecule has 5 rings (SSSR count). The largest absolute Gasteiger partial charge is 0.351 e. The number of carbonyl (C=O) groups excluding carboxylic acids is 1. The Morgan fingerprint density at radius 3 is 2.83 bits per heavy atom. The fourth-order valence-corrected chi connectivity index (χ4v) is 6.35. The van der Waals surface area contributed by atoms with E-state index in [4.69, 9.17) is 0 Å². The Balaban J connectivity index is 1.59. The lowest BCUT2D eigenvalue weighted by molar-refractivity contribution is -0.116. The van der Waals surface area contributed by atoms with Gasteiger partial charge in [-0.3, -0.25) is 9.48 Å². The van der Waals surface area contributed by atoms with Crippen LogP contribution in [0.5, 0.6) is 0 Å². The maximum Gasteiger partial charge on any atom is 0.247 e. The Kier molecular flexibility index (Phi) is 5.58. The molecule has 4 nitrogen and oxygen atoms in total. The average molecular weight is 533 g/mol. The van der Waals surface area contributed by atoms with Crippen molar-refractivity contribution in [3.8, 4) is 0 Å². The first-order chi connectivity index (χ1) is 14.6. The lowest BCUT2D eigenvalue weighted by atomic mass is 9.92. The van der Waals surface area contributed by atoms with Crippen LogP contribution in [0.4, 0.5) is 4.39 Å². The molecule has 2 aromatic carbocycles. The molecule has 2 unspecified atom stereocenters. The van der Waals surface area contributed by atoms with E-state index in [1.807, 2.05) is 58.9 Å². The van der Waals surface area contributed by atoms with E-state index in [9.17, 15) is 4.79 Å². The van der Waals surface area contributed by atoms with Gasteiger partial charge in [0.2, 0.25) is 5.91 Å². The minimum absolute atomic E-state index is 0.0311. The van der Waals surface area contributed by atoms with Crippen molar-refractivity contribution < 1.29 is 9.18 Å². The van der Waals surface area contributed by atoms with Gasteiger partial charge in [0.05, 0.1) is 16.3 Å². The SMILES string of the molecule is O=C1NCC(c2ccccc2)C1=Cc1cc(F)c2c(I)nn(C3CCCCS3)c2c1. The van der Waals surface area contributed by atoms with E-state index in [0.29, 0.717) is 26.8 Å². The number of amides is 1. The van der Waals surface area contributed by atoms with Crippen LogP contribution in [0.15, 0.2) is 48.0 Å². The number of aromatic nitrogens is 2. The molecule has 7 heteroatoms. The van der Waals surface area contributed by atoms with Crippen LogP contribution in [0.1, 0.15) is 41.7 Å². The smallest absolute Gasteiger partial charge is 0.247 e. The highest BCUT2D eigenvalue weighted by molar-refractivity contribution is 14.1. The minimum Gasteiger partial charge on any atom is -0.351 e. The Morgan fingerprint density at radius 2 is 2.07 bits per heavy atom. The second-order valence-corrected chi connectivity index (χ2v) is 10.0. The molecule has 1 amide bonds. The number of hydrogen-bond donors (Lipinski definition) is 1. The number of nitrogens with zero attached hydrogens (tertiary/aromatic N) is 2. The van der Waals surface area contributed by atoms with E-state index in [0.717, 1.165) is 23.3 Å². The Hall–Kier alpha value is -1.87. The summed E-state index contributed by atoms with van der Waals surface area (Å²) in [7, 11) is 0. The first-order valence-corrected chi connectivity index (χ1v) is 12.3. The summed E-state index contributed by atoms with van der Waals surface area (Å²) in [6, 6.07) is 13.5. The fraction of sp³-hybridized carbons (Fsp3) is 0.304. The fourth-order valence-electron chi connectivity index (χ4n) is 4.31. The van der Waals surface area contributed by atoms with Crippen LogP contribution in [0.3, 0.4) is 0 Å². The van der Waals surface area contributed by atoms with E-state index in [-0.39, 0.29) is 23.0 Å². The quantitative estimate of drug-likeness (QED) is 0.358. The predicted octanol–water partition coefficient (Wildman–Crippen LogP) is 5.49. The number of hydrogen-bond acceptors (Lipinski definition) is 3. The zero-order chi connectivity index (χ0) is 20.7. The van der Waals surface area contributed by atoms with Crippen molar-refractivity contribution in [2.45, 2.75) is 30.6 Å². The van der Waals surface area contributed by atoms with Gasteiger partial charge in [-0.2, -0.15) is 5.10 Å². The van der Waals surface area contributed by atoms with Crippen molar-refractivity contribution in [1.29, 1.82) is 0 Å². The van der Waals surface area contributed by atoms with Crippen LogP contribution >= 0.6 is 34.4 Å². The lowest BCUT2D eigenvalue weighted by Gasteiger charge is -2.22. The summed E-state index contributed by atoms with van der Waals surface area (Å²) >= 11 is 4.00. The lowest BCUT2D eigenvalue weighted by Crippen LogP contribution is -2.14. The maximum absolute atomic E-state index is 15.1. The summed E-state index contributed by atoms with van der Waals surface area (Å²) in [6.07, 6.45) is 5.27. The number of benzene rings is 2. The highest BCUT2D eigenvalue weighted by Gasteiger charge is 2.29.